The number of hydrogen-bond acceptors (Lipinski definition) is 1. The first-order chi connectivity index (χ1) is 8.30. The van der Waals surface area contributed by atoms with Gasteiger partial charge in [-0.05, 0) is 22.7 Å². The van der Waals surface area contributed by atoms with E-state index in [0.717, 1.165) is 11.3 Å². The van der Waals surface area contributed by atoms with Crippen LogP contribution in [0, 0.1) is 6.92 Å². The molecule has 4 heteroatoms. The minimum Gasteiger partial charge on any atom is -1.00 e. The quantitative estimate of drug-likeness (QED) is 0.572. The van der Waals surface area contributed by atoms with Gasteiger partial charge >= 0.3 is 23.1 Å². The predicted molar refractivity (Wildman–Crippen MR) is 88.3 cm³/mol. The van der Waals surface area contributed by atoms with E-state index in [4.69, 9.17) is 4.43 Å². The summed E-state index contributed by atoms with van der Waals surface area (Å²) in [5, 5.41) is 0. The van der Waals surface area contributed by atoms with Gasteiger partial charge < -0.3 is 21.4 Å². The molecule has 110 valence electrons. The normalized spacial score (nSPS) is 11.2. The first kappa shape index (κ1) is 22.6. The Balaban J connectivity index is 0. The Morgan fingerprint density at radius 2 is 1.40 bits per heavy atom. The molecule has 0 unspecified atom stereocenters. The maximum absolute atomic E-state index is 6.57. The van der Waals surface area contributed by atoms with Gasteiger partial charge in [-0.1, -0.05) is 41.5 Å². The van der Waals surface area contributed by atoms with Crippen molar-refractivity contribution in [3.8, 4) is 5.75 Å². The first-order valence-corrected chi connectivity index (χ1v) is 9.05. The van der Waals surface area contributed by atoms with Crippen LogP contribution in [0.5, 0.6) is 5.75 Å². The van der Waals surface area contributed by atoms with Crippen molar-refractivity contribution >= 4 is 31.4 Å². The Morgan fingerprint density at radius 3 is 1.75 bits per heavy atom. The van der Waals surface area contributed by atoms with Crippen molar-refractivity contribution < 1.29 is 21.4 Å². The molecular weight excluding hydrogens is 340 g/mol. The molecule has 0 aliphatic rings. The zero-order chi connectivity index (χ0) is 13.9. The van der Waals surface area contributed by atoms with Crippen molar-refractivity contribution in [2.45, 2.75) is 58.2 Å². The zero-order valence-electron chi connectivity index (χ0n) is 13.7. The summed E-state index contributed by atoms with van der Waals surface area (Å²) in [7, 11) is -1.82. The first-order valence-electron chi connectivity index (χ1n) is 6.91. The van der Waals surface area contributed by atoms with Crippen molar-refractivity contribution in [2.75, 3.05) is 0 Å². The Bertz CT molecular complexity index is 372. The van der Waals surface area contributed by atoms with Crippen molar-refractivity contribution in [1.29, 1.82) is 0 Å². The second kappa shape index (κ2) is 9.39. The average Bonchev–Trinajstić information content (AvgIpc) is 2.24. The van der Waals surface area contributed by atoms with Crippen molar-refractivity contribution in [2.24, 2.45) is 0 Å². The number of halogens is 1. The molecule has 0 bridgehead atoms. The minimum absolute atomic E-state index is 0. The van der Waals surface area contributed by atoms with Crippen LogP contribution in [0.15, 0.2) is 24.3 Å². The molecule has 0 radical (unpaired) electrons. The summed E-state index contributed by atoms with van der Waals surface area (Å²) >= 11 is 0. The van der Waals surface area contributed by atoms with Crippen LogP contribution in [0.25, 0.3) is 0 Å². The summed E-state index contributed by atoms with van der Waals surface area (Å²) in [5.74, 6) is 0.991. The van der Waals surface area contributed by atoms with Crippen LogP contribution in [0.2, 0.25) is 16.6 Å². The maximum Gasteiger partial charge on any atom is 2.00 e. The average molecular weight is 368 g/mol. The Kier molecular flexibility index (Phi) is 10.6. The van der Waals surface area contributed by atoms with Gasteiger partial charge in [0.1, 0.15) is 0 Å². The van der Waals surface area contributed by atoms with Crippen molar-refractivity contribution in [3.05, 3.63) is 36.8 Å². The van der Waals surface area contributed by atoms with Crippen LogP contribution >= 0.6 is 0 Å². The van der Waals surface area contributed by atoms with Gasteiger partial charge in [-0.2, -0.15) is 18.6 Å². The van der Waals surface area contributed by atoms with Crippen LogP contribution < -0.4 is 21.4 Å². The van der Waals surface area contributed by atoms with Gasteiger partial charge in [-0.3, -0.25) is 0 Å². The van der Waals surface area contributed by atoms with Crippen LogP contribution in [-0.4, -0.2) is 31.4 Å². The molecule has 1 aromatic carbocycles. The fraction of sp³-hybridized carbons (Fsp3) is 0.562. The maximum atomic E-state index is 6.57. The van der Waals surface area contributed by atoms with E-state index in [1.54, 1.807) is 0 Å². The molecule has 0 atom stereocenters. The molecule has 0 spiro atoms. The van der Waals surface area contributed by atoms with Gasteiger partial charge in [0, 0.05) is 5.75 Å². The van der Waals surface area contributed by atoms with E-state index in [0.29, 0.717) is 16.6 Å². The van der Waals surface area contributed by atoms with Crippen LogP contribution in [0.4, 0.5) is 0 Å². The van der Waals surface area contributed by atoms with Crippen LogP contribution in [0.1, 0.15) is 47.1 Å². The molecule has 0 saturated heterocycles. The second-order valence-corrected chi connectivity index (χ2v) is 11.4. The molecule has 0 N–H and O–H groups in total. The largest absolute Gasteiger partial charge is 2.00 e. The number of rotatable bonds is 5. The number of hydrogen-bond donors (Lipinski definition) is 0. The fourth-order valence-corrected chi connectivity index (χ4v) is 8.41. The second-order valence-electron chi connectivity index (χ2n) is 6.07. The summed E-state index contributed by atoms with van der Waals surface area (Å²) in [6.07, 6.45) is 0. The molecule has 0 heterocycles. The molecule has 0 amide bonds. The molecule has 0 aliphatic carbocycles. The Hall–Kier alpha value is 0.353. The van der Waals surface area contributed by atoms with E-state index >= 15 is 0 Å². The van der Waals surface area contributed by atoms with Gasteiger partial charge in [0.25, 0.3) is 8.32 Å². The third-order valence-corrected chi connectivity index (χ3v) is 9.90. The molecule has 1 nitrogen and oxygen atoms in total. The monoisotopic (exact) mass is 366 g/mol. The van der Waals surface area contributed by atoms with E-state index in [1.807, 2.05) is 12.1 Å². The van der Waals surface area contributed by atoms with Crippen LogP contribution in [0.3, 0.4) is 0 Å². The Labute approximate surface area is 152 Å². The van der Waals surface area contributed by atoms with Gasteiger partial charge in [-0.25, -0.2) is 0 Å². The molecule has 0 saturated carbocycles. The van der Waals surface area contributed by atoms with Crippen LogP contribution in [-0.2, 0) is 0 Å². The fourth-order valence-electron chi connectivity index (χ4n) is 3.17. The molecule has 20 heavy (non-hydrogen) atoms. The number of benzene rings is 1. The molecule has 1 rings (SSSR count). The predicted octanol–water partition coefficient (Wildman–Crippen LogP) is 2.05. The van der Waals surface area contributed by atoms with Gasteiger partial charge in [0.15, 0.2) is 0 Å². The third-order valence-electron chi connectivity index (χ3n) is 3.90. The van der Waals surface area contributed by atoms with E-state index in [2.05, 4.69) is 60.6 Å². The molecule has 0 aromatic heterocycles. The third kappa shape index (κ3) is 4.97. The molecular formula is C16H27BrMgOSi. The van der Waals surface area contributed by atoms with Gasteiger partial charge in [0.2, 0.25) is 0 Å². The van der Waals surface area contributed by atoms with E-state index in [9.17, 15) is 0 Å². The summed E-state index contributed by atoms with van der Waals surface area (Å²) in [5.41, 5.74) is 2.83. The summed E-state index contributed by atoms with van der Waals surface area (Å²) in [4.78, 5) is 0. The summed E-state index contributed by atoms with van der Waals surface area (Å²) in [6, 6.07) is 8.15. The summed E-state index contributed by atoms with van der Waals surface area (Å²) < 4.78 is 6.57. The van der Waals surface area contributed by atoms with E-state index in [-0.39, 0.29) is 40.0 Å². The van der Waals surface area contributed by atoms with Crippen molar-refractivity contribution in [3.63, 3.8) is 0 Å². The minimum atomic E-state index is -1.82. The van der Waals surface area contributed by atoms with E-state index in [1.165, 1.54) is 0 Å². The standard InChI is InChI=1S/C16H27OSi.BrH.Mg/c1-12(2)18(13(3)4,14(5)6)17-16-10-8-9-15(7)11-16;;/h8-14H,7H2,1-6H3;1H;/q-1;;+2/p-1. The van der Waals surface area contributed by atoms with Crippen molar-refractivity contribution in [1.82, 2.24) is 0 Å². The zero-order valence-corrected chi connectivity index (χ0v) is 17.7. The SMILES string of the molecule is [Br-].[CH2-]c1cccc(O[Si](C(C)C)(C(C)C)C(C)C)c1.[Mg+2]. The van der Waals surface area contributed by atoms with Gasteiger partial charge in [0.05, 0.1) is 0 Å². The molecule has 0 aliphatic heterocycles. The topological polar surface area (TPSA) is 9.23 Å². The summed E-state index contributed by atoms with van der Waals surface area (Å²) in [6.45, 7) is 17.8. The molecule has 0 fully saturated rings. The smallest absolute Gasteiger partial charge is 1.00 e. The van der Waals surface area contributed by atoms with Gasteiger partial charge in [-0.15, -0.1) is 12.1 Å². The Morgan fingerprint density at radius 1 is 0.950 bits per heavy atom. The molecule has 1 aromatic rings. The van der Waals surface area contributed by atoms with E-state index < -0.39 is 8.32 Å².